The highest BCUT2D eigenvalue weighted by molar-refractivity contribution is 14.0. The maximum Gasteiger partial charge on any atom is 0.213 e. The Hall–Kier alpha value is -2.23. The summed E-state index contributed by atoms with van der Waals surface area (Å²) in [5, 5.41) is 6.62. The summed E-state index contributed by atoms with van der Waals surface area (Å²) in [5.74, 6) is 2.91. The summed E-state index contributed by atoms with van der Waals surface area (Å²) in [6, 6.07) is 9.91. The average Bonchev–Trinajstić information content (AvgIpc) is 2.72. The molecule has 0 saturated heterocycles. The number of aromatic nitrogens is 1. The lowest BCUT2D eigenvalue weighted by Gasteiger charge is -2.14. The van der Waals surface area contributed by atoms with E-state index in [1.165, 1.54) is 5.56 Å². The molecule has 0 amide bonds. The van der Waals surface area contributed by atoms with Crippen LogP contribution in [0.4, 0.5) is 0 Å². The third-order valence-corrected chi connectivity index (χ3v) is 4.01. The van der Waals surface area contributed by atoms with Crippen LogP contribution in [0.15, 0.2) is 41.5 Å². The van der Waals surface area contributed by atoms with Gasteiger partial charge in [-0.05, 0) is 49.6 Å². The van der Waals surface area contributed by atoms with E-state index in [1.807, 2.05) is 38.1 Å². The van der Waals surface area contributed by atoms with Gasteiger partial charge in [0.15, 0.2) is 17.5 Å². The molecule has 0 saturated carbocycles. The van der Waals surface area contributed by atoms with Gasteiger partial charge >= 0.3 is 0 Å². The van der Waals surface area contributed by atoms with Crippen LogP contribution in [0, 0.1) is 0 Å². The highest BCUT2D eigenvalue weighted by atomic mass is 127. The number of hydrogen-bond donors (Lipinski definition) is 2. The van der Waals surface area contributed by atoms with Crippen molar-refractivity contribution < 1.29 is 14.2 Å². The lowest BCUT2D eigenvalue weighted by Crippen LogP contribution is -2.37. The van der Waals surface area contributed by atoms with E-state index in [0.29, 0.717) is 25.6 Å². The zero-order valence-electron chi connectivity index (χ0n) is 17.5. The van der Waals surface area contributed by atoms with Gasteiger partial charge in [0.2, 0.25) is 5.88 Å². The van der Waals surface area contributed by atoms with E-state index in [-0.39, 0.29) is 24.0 Å². The summed E-state index contributed by atoms with van der Waals surface area (Å²) in [6.07, 6.45) is 2.57. The van der Waals surface area contributed by atoms with Crippen molar-refractivity contribution in [2.75, 3.05) is 33.9 Å². The topological polar surface area (TPSA) is 77.0 Å². The number of halogens is 1. The zero-order valence-corrected chi connectivity index (χ0v) is 19.9. The lowest BCUT2D eigenvalue weighted by atomic mass is 10.1. The van der Waals surface area contributed by atoms with Gasteiger partial charge in [0.25, 0.3) is 0 Å². The quantitative estimate of drug-likeness (QED) is 0.288. The normalized spacial score (nSPS) is 10.7. The number of hydrogen-bond acceptors (Lipinski definition) is 5. The Kier molecular flexibility index (Phi) is 11.9. The standard InChI is InChI=1S/C21H30N4O3.HI/c1-5-27-18-8-7-16(13-19(18)28-6-2)9-12-24-21(22-3)25-15-17-10-11-23-20(14-17)26-4;/h7-8,10-11,13-14H,5-6,9,12,15H2,1-4H3,(H2,22,24,25);1H. The third kappa shape index (κ3) is 8.35. The van der Waals surface area contributed by atoms with Crippen molar-refractivity contribution in [1.29, 1.82) is 0 Å². The maximum absolute atomic E-state index is 5.69. The van der Waals surface area contributed by atoms with Crippen LogP contribution in [-0.2, 0) is 13.0 Å². The van der Waals surface area contributed by atoms with Crippen LogP contribution >= 0.6 is 24.0 Å². The molecule has 1 aromatic carbocycles. The fourth-order valence-corrected chi connectivity index (χ4v) is 2.65. The molecule has 0 atom stereocenters. The van der Waals surface area contributed by atoms with E-state index in [2.05, 4.69) is 26.7 Å². The van der Waals surface area contributed by atoms with Gasteiger partial charge in [-0.2, -0.15) is 0 Å². The van der Waals surface area contributed by atoms with Crippen molar-refractivity contribution in [3.05, 3.63) is 47.7 Å². The fraction of sp³-hybridized carbons (Fsp3) is 0.429. The summed E-state index contributed by atoms with van der Waals surface area (Å²) < 4.78 is 16.4. The van der Waals surface area contributed by atoms with E-state index >= 15 is 0 Å². The molecule has 0 aliphatic heterocycles. The minimum Gasteiger partial charge on any atom is -0.490 e. The van der Waals surface area contributed by atoms with Crippen molar-refractivity contribution in [3.63, 3.8) is 0 Å². The number of nitrogens with zero attached hydrogens (tertiary/aromatic N) is 2. The van der Waals surface area contributed by atoms with Crippen LogP contribution in [0.5, 0.6) is 17.4 Å². The van der Waals surface area contributed by atoms with Crippen LogP contribution in [0.1, 0.15) is 25.0 Å². The molecule has 0 unspecified atom stereocenters. The minimum absolute atomic E-state index is 0. The van der Waals surface area contributed by atoms with Crippen molar-refractivity contribution in [2.45, 2.75) is 26.8 Å². The molecule has 0 fully saturated rings. The van der Waals surface area contributed by atoms with Gasteiger partial charge < -0.3 is 24.8 Å². The van der Waals surface area contributed by atoms with E-state index in [1.54, 1.807) is 20.4 Å². The second-order valence-corrected chi connectivity index (χ2v) is 5.96. The van der Waals surface area contributed by atoms with Crippen molar-refractivity contribution in [2.24, 2.45) is 4.99 Å². The number of pyridine rings is 1. The monoisotopic (exact) mass is 514 g/mol. The Balaban J connectivity index is 0.00000420. The van der Waals surface area contributed by atoms with Gasteiger partial charge in [-0.3, -0.25) is 4.99 Å². The lowest BCUT2D eigenvalue weighted by molar-refractivity contribution is 0.287. The van der Waals surface area contributed by atoms with Crippen LogP contribution in [0.2, 0.25) is 0 Å². The Morgan fingerprint density at radius 3 is 2.45 bits per heavy atom. The highest BCUT2D eigenvalue weighted by Gasteiger charge is 2.07. The molecule has 1 aromatic heterocycles. The van der Waals surface area contributed by atoms with Gasteiger partial charge in [0.05, 0.1) is 20.3 Å². The van der Waals surface area contributed by atoms with E-state index in [9.17, 15) is 0 Å². The Labute approximate surface area is 190 Å². The molecule has 2 N–H and O–H groups in total. The molecule has 160 valence electrons. The van der Waals surface area contributed by atoms with Gasteiger partial charge in [0, 0.05) is 32.4 Å². The van der Waals surface area contributed by atoms with Gasteiger partial charge in [0.1, 0.15) is 0 Å². The number of rotatable bonds is 10. The number of ether oxygens (including phenoxy) is 3. The van der Waals surface area contributed by atoms with Crippen LogP contribution in [-0.4, -0.2) is 44.9 Å². The molecule has 2 rings (SSSR count). The van der Waals surface area contributed by atoms with Gasteiger partial charge in [-0.25, -0.2) is 4.98 Å². The Bertz CT molecular complexity index is 771. The number of guanidine groups is 1. The number of benzene rings is 1. The molecule has 8 heteroatoms. The van der Waals surface area contributed by atoms with Gasteiger partial charge in [-0.1, -0.05) is 6.07 Å². The first-order valence-electron chi connectivity index (χ1n) is 9.52. The van der Waals surface area contributed by atoms with Crippen molar-refractivity contribution >= 4 is 29.9 Å². The highest BCUT2D eigenvalue weighted by Crippen LogP contribution is 2.28. The van der Waals surface area contributed by atoms with E-state index < -0.39 is 0 Å². The number of methoxy groups -OCH3 is 1. The largest absolute Gasteiger partial charge is 0.490 e. The summed E-state index contributed by atoms with van der Waals surface area (Å²) in [6.45, 7) is 6.55. The zero-order chi connectivity index (χ0) is 20.2. The van der Waals surface area contributed by atoms with Crippen molar-refractivity contribution in [3.8, 4) is 17.4 Å². The molecule has 29 heavy (non-hydrogen) atoms. The fourth-order valence-electron chi connectivity index (χ4n) is 2.65. The predicted molar refractivity (Wildman–Crippen MR) is 127 cm³/mol. The maximum atomic E-state index is 5.69. The summed E-state index contributed by atoms with van der Waals surface area (Å²) in [4.78, 5) is 8.38. The van der Waals surface area contributed by atoms with Crippen LogP contribution in [0.3, 0.4) is 0 Å². The molecule has 0 aliphatic carbocycles. The second kappa shape index (κ2) is 13.9. The summed E-state index contributed by atoms with van der Waals surface area (Å²) in [5.41, 5.74) is 2.25. The van der Waals surface area contributed by atoms with Crippen LogP contribution < -0.4 is 24.8 Å². The first-order chi connectivity index (χ1) is 13.7. The smallest absolute Gasteiger partial charge is 0.213 e. The molecule has 0 aliphatic rings. The van der Waals surface area contributed by atoms with Crippen LogP contribution in [0.25, 0.3) is 0 Å². The third-order valence-electron chi connectivity index (χ3n) is 4.01. The predicted octanol–water partition coefficient (Wildman–Crippen LogP) is 3.41. The first-order valence-corrected chi connectivity index (χ1v) is 9.52. The first kappa shape index (κ1) is 24.8. The number of aliphatic imine (C=N–C) groups is 1. The summed E-state index contributed by atoms with van der Waals surface area (Å²) >= 11 is 0. The molecule has 0 spiro atoms. The Morgan fingerprint density at radius 1 is 1.00 bits per heavy atom. The molecular weight excluding hydrogens is 483 g/mol. The van der Waals surface area contributed by atoms with E-state index in [4.69, 9.17) is 14.2 Å². The Morgan fingerprint density at radius 2 is 1.76 bits per heavy atom. The summed E-state index contributed by atoms with van der Waals surface area (Å²) in [7, 11) is 3.37. The van der Waals surface area contributed by atoms with Crippen molar-refractivity contribution in [1.82, 2.24) is 15.6 Å². The molecule has 0 bridgehead atoms. The van der Waals surface area contributed by atoms with Gasteiger partial charge in [-0.15, -0.1) is 24.0 Å². The molecular formula is C21H31IN4O3. The minimum atomic E-state index is 0. The SMILES string of the molecule is CCOc1ccc(CCNC(=NC)NCc2ccnc(OC)c2)cc1OCC.I. The average molecular weight is 514 g/mol. The second-order valence-electron chi connectivity index (χ2n) is 5.96. The van der Waals surface area contributed by atoms with E-state index in [0.717, 1.165) is 36.0 Å². The molecule has 2 aromatic rings. The molecule has 7 nitrogen and oxygen atoms in total. The molecule has 1 heterocycles. The number of nitrogens with one attached hydrogen (secondary N) is 2. The molecule has 0 radical (unpaired) electrons.